The van der Waals surface area contributed by atoms with Gasteiger partial charge in [0.2, 0.25) is 5.91 Å². The highest BCUT2D eigenvalue weighted by Crippen LogP contribution is 2.52. The molecule has 0 radical (unpaired) electrons. The molecule has 0 N–H and O–H groups in total. The van der Waals surface area contributed by atoms with Crippen molar-refractivity contribution in [3.63, 3.8) is 0 Å². The Morgan fingerprint density at radius 1 is 1.55 bits per heavy atom. The maximum atomic E-state index is 12.8. The summed E-state index contributed by atoms with van der Waals surface area (Å²) in [7, 11) is 0. The summed E-state index contributed by atoms with van der Waals surface area (Å²) >= 11 is 0. The Kier molecular flexibility index (Phi) is 4.02. The van der Waals surface area contributed by atoms with Crippen molar-refractivity contribution >= 4 is 11.9 Å². The van der Waals surface area contributed by atoms with Gasteiger partial charge in [0.1, 0.15) is 11.5 Å². The average molecular weight is 307 g/mol. The summed E-state index contributed by atoms with van der Waals surface area (Å²) in [6, 6.07) is 0. The normalized spacial score (nSPS) is 35.5. The topological polar surface area (TPSA) is 55.8 Å². The molecule has 5 nitrogen and oxygen atoms in total. The molecule has 0 aromatic heterocycles. The minimum absolute atomic E-state index is 0.0398. The highest BCUT2D eigenvalue weighted by Gasteiger charge is 2.67. The Hall–Kier alpha value is -1.36. The molecule has 2 saturated heterocycles. The predicted molar refractivity (Wildman–Crippen MR) is 81.0 cm³/mol. The first-order valence-electron chi connectivity index (χ1n) is 8.31. The summed E-state index contributed by atoms with van der Waals surface area (Å²) < 4.78 is 11.4. The number of ether oxygens (including phenoxy) is 2. The van der Waals surface area contributed by atoms with E-state index in [0.717, 1.165) is 12.8 Å². The summed E-state index contributed by atoms with van der Waals surface area (Å²) in [5, 5.41) is 0. The molecule has 0 aromatic carbocycles. The van der Waals surface area contributed by atoms with Gasteiger partial charge in [-0.3, -0.25) is 9.59 Å². The Bertz CT molecular complexity index is 501. The molecule has 3 aliphatic rings. The van der Waals surface area contributed by atoms with Crippen LogP contribution in [0.15, 0.2) is 12.2 Å². The molecule has 0 saturated carbocycles. The third-order valence-corrected chi connectivity index (χ3v) is 4.78. The predicted octanol–water partition coefficient (Wildman–Crippen LogP) is 1.77. The Morgan fingerprint density at radius 3 is 3.00 bits per heavy atom. The first-order chi connectivity index (χ1) is 10.5. The van der Waals surface area contributed by atoms with Gasteiger partial charge >= 0.3 is 5.97 Å². The van der Waals surface area contributed by atoms with Crippen LogP contribution < -0.4 is 0 Å². The number of likely N-dealkylation sites (tertiary alicyclic amines) is 1. The van der Waals surface area contributed by atoms with Crippen molar-refractivity contribution in [2.24, 2.45) is 17.8 Å². The van der Waals surface area contributed by atoms with Gasteiger partial charge in [-0.25, -0.2) is 0 Å². The molecule has 1 spiro atoms. The first-order valence-corrected chi connectivity index (χ1v) is 8.31. The zero-order valence-corrected chi connectivity index (χ0v) is 13.6. The van der Waals surface area contributed by atoms with Crippen LogP contribution in [0.2, 0.25) is 0 Å². The number of hydrogen-bond acceptors (Lipinski definition) is 4. The number of carbonyl (C=O) groups is 2. The van der Waals surface area contributed by atoms with E-state index in [2.05, 4.69) is 20.8 Å². The fraction of sp³-hybridized carbons (Fsp3) is 0.765. The summed E-state index contributed by atoms with van der Waals surface area (Å²) in [5.74, 6) is -0.732. The minimum atomic E-state index is -0.606. The zero-order valence-electron chi connectivity index (χ0n) is 13.6. The maximum absolute atomic E-state index is 12.8. The lowest BCUT2D eigenvalue weighted by Crippen LogP contribution is -2.40. The standard InChI is InChI=1S/C17H25NO4/c1-4-5-8-21-16(20)13-12-6-7-17(22-12)10-18(9-11(2)3)15(19)14(13)17/h6-7,11-14H,4-5,8-10H2,1-3H3/t12-,13-,14+,17-/m1/s1. The Labute approximate surface area is 131 Å². The van der Waals surface area contributed by atoms with E-state index in [1.165, 1.54) is 0 Å². The van der Waals surface area contributed by atoms with Gasteiger partial charge in [0.05, 0.1) is 25.2 Å². The van der Waals surface area contributed by atoms with Gasteiger partial charge in [-0.1, -0.05) is 39.3 Å². The van der Waals surface area contributed by atoms with Crippen LogP contribution in [0.5, 0.6) is 0 Å². The Morgan fingerprint density at radius 2 is 2.32 bits per heavy atom. The number of nitrogens with zero attached hydrogens (tertiary/aromatic N) is 1. The van der Waals surface area contributed by atoms with Crippen molar-refractivity contribution < 1.29 is 19.1 Å². The number of amides is 1. The van der Waals surface area contributed by atoms with E-state index >= 15 is 0 Å². The molecule has 3 aliphatic heterocycles. The van der Waals surface area contributed by atoms with Crippen molar-refractivity contribution in [3.05, 3.63) is 12.2 Å². The highest BCUT2D eigenvalue weighted by atomic mass is 16.6. The van der Waals surface area contributed by atoms with Crippen LogP contribution in [-0.4, -0.2) is 48.2 Å². The number of fused-ring (bicyclic) bond motifs is 1. The summed E-state index contributed by atoms with van der Waals surface area (Å²) in [4.78, 5) is 27.0. The zero-order chi connectivity index (χ0) is 15.9. The second-order valence-electron chi connectivity index (χ2n) is 7.03. The maximum Gasteiger partial charge on any atom is 0.312 e. The van der Waals surface area contributed by atoms with Gasteiger partial charge < -0.3 is 14.4 Å². The second kappa shape index (κ2) is 5.69. The van der Waals surface area contributed by atoms with Crippen LogP contribution in [0.3, 0.4) is 0 Å². The fourth-order valence-corrected chi connectivity index (χ4v) is 3.86. The molecule has 4 atom stereocenters. The van der Waals surface area contributed by atoms with Crippen LogP contribution in [-0.2, 0) is 19.1 Å². The summed E-state index contributed by atoms with van der Waals surface area (Å²) in [6.45, 7) is 7.91. The number of rotatable bonds is 6. The lowest BCUT2D eigenvalue weighted by molar-refractivity contribution is -0.154. The SMILES string of the molecule is CCCCOC(=O)[C@H]1[C@H]2C(=O)N(CC(C)C)C[C@]23C=C[C@H]1O3. The number of hydrogen-bond donors (Lipinski definition) is 0. The molecule has 2 bridgehead atoms. The van der Waals surface area contributed by atoms with E-state index in [1.54, 1.807) is 0 Å². The first kappa shape index (κ1) is 15.5. The van der Waals surface area contributed by atoms with E-state index in [1.807, 2.05) is 17.1 Å². The second-order valence-corrected chi connectivity index (χ2v) is 7.03. The van der Waals surface area contributed by atoms with Crippen LogP contribution in [0, 0.1) is 17.8 Å². The van der Waals surface area contributed by atoms with E-state index < -0.39 is 17.4 Å². The van der Waals surface area contributed by atoms with Gasteiger partial charge in [0.15, 0.2) is 0 Å². The highest BCUT2D eigenvalue weighted by molar-refractivity contribution is 5.91. The fourth-order valence-electron chi connectivity index (χ4n) is 3.86. The van der Waals surface area contributed by atoms with E-state index in [4.69, 9.17) is 9.47 Å². The van der Waals surface area contributed by atoms with Crippen molar-refractivity contribution in [3.8, 4) is 0 Å². The van der Waals surface area contributed by atoms with Crippen LogP contribution in [0.25, 0.3) is 0 Å². The molecular weight excluding hydrogens is 282 g/mol. The van der Waals surface area contributed by atoms with Crippen LogP contribution >= 0.6 is 0 Å². The summed E-state index contributed by atoms with van der Waals surface area (Å²) in [5.41, 5.74) is -0.606. The third-order valence-electron chi connectivity index (χ3n) is 4.78. The molecule has 0 aliphatic carbocycles. The van der Waals surface area contributed by atoms with E-state index in [-0.39, 0.29) is 18.0 Å². The largest absolute Gasteiger partial charge is 0.465 e. The molecule has 1 amide bonds. The van der Waals surface area contributed by atoms with Crippen LogP contribution in [0.1, 0.15) is 33.6 Å². The molecule has 3 rings (SSSR count). The number of esters is 1. The molecule has 2 fully saturated rings. The molecule has 22 heavy (non-hydrogen) atoms. The third kappa shape index (κ3) is 2.35. The van der Waals surface area contributed by atoms with Crippen molar-refractivity contribution in [2.45, 2.75) is 45.3 Å². The van der Waals surface area contributed by atoms with Crippen molar-refractivity contribution in [1.29, 1.82) is 0 Å². The average Bonchev–Trinajstić information content (AvgIpc) is 3.07. The van der Waals surface area contributed by atoms with Gasteiger partial charge in [-0.15, -0.1) is 0 Å². The van der Waals surface area contributed by atoms with E-state index in [9.17, 15) is 9.59 Å². The molecule has 5 heteroatoms. The molecular formula is C17H25NO4. The Balaban J connectivity index is 1.76. The minimum Gasteiger partial charge on any atom is -0.465 e. The molecule has 0 aromatic rings. The number of carbonyl (C=O) groups excluding carboxylic acids is 2. The molecule has 0 unspecified atom stereocenters. The van der Waals surface area contributed by atoms with Crippen molar-refractivity contribution in [1.82, 2.24) is 4.90 Å². The lowest BCUT2D eigenvalue weighted by atomic mass is 9.77. The van der Waals surface area contributed by atoms with Gasteiger partial charge in [-0.2, -0.15) is 0 Å². The molecule has 122 valence electrons. The number of unbranched alkanes of at least 4 members (excludes halogenated alkanes) is 1. The van der Waals surface area contributed by atoms with Gasteiger partial charge in [-0.05, 0) is 12.3 Å². The van der Waals surface area contributed by atoms with Gasteiger partial charge in [0.25, 0.3) is 0 Å². The summed E-state index contributed by atoms with van der Waals surface area (Å²) in [6.07, 6.45) is 5.43. The lowest BCUT2D eigenvalue weighted by Gasteiger charge is -2.22. The smallest absolute Gasteiger partial charge is 0.312 e. The molecule has 3 heterocycles. The quantitative estimate of drug-likeness (QED) is 0.426. The van der Waals surface area contributed by atoms with Crippen molar-refractivity contribution in [2.75, 3.05) is 19.7 Å². The van der Waals surface area contributed by atoms with E-state index in [0.29, 0.717) is 25.6 Å². The monoisotopic (exact) mass is 307 g/mol. The van der Waals surface area contributed by atoms with Crippen LogP contribution in [0.4, 0.5) is 0 Å². The van der Waals surface area contributed by atoms with Gasteiger partial charge in [0, 0.05) is 6.54 Å².